The molecule has 0 spiro atoms. The molecule has 1 amide bonds. The van der Waals surface area contributed by atoms with Gasteiger partial charge >= 0.3 is 0 Å². The van der Waals surface area contributed by atoms with Gasteiger partial charge < -0.3 is 9.84 Å². The van der Waals surface area contributed by atoms with Crippen LogP contribution in [0.4, 0.5) is 0 Å². The predicted octanol–water partition coefficient (Wildman–Crippen LogP) is 1.86. The Morgan fingerprint density at radius 3 is 2.70 bits per heavy atom. The maximum atomic E-state index is 12.1. The largest absolute Gasteiger partial charge is 0.361 e. The molecule has 3 rings (SSSR count). The molecule has 0 atom stereocenters. The zero-order valence-corrected chi connectivity index (χ0v) is 12.1. The van der Waals surface area contributed by atoms with E-state index >= 15 is 0 Å². The molecule has 1 aliphatic heterocycles. The van der Waals surface area contributed by atoms with Gasteiger partial charge in [0.25, 0.3) is 0 Å². The zero-order chi connectivity index (χ0) is 13.9. The van der Waals surface area contributed by atoms with E-state index in [2.05, 4.69) is 15.4 Å². The number of amides is 1. The van der Waals surface area contributed by atoms with E-state index in [0.29, 0.717) is 6.04 Å². The molecule has 1 saturated carbocycles. The zero-order valence-electron chi connectivity index (χ0n) is 12.1. The van der Waals surface area contributed by atoms with Gasteiger partial charge in [-0.05, 0) is 52.1 Å². The molecule has 1 aromatic heterocycles. The van der Waals surface area contributed by atoms with E-state index in [1.54, 1.807) is 0 Å². The number of nitrogens with one attached hydrogen (secondary N) is 1. The van der Waals surface area contributed by atoms with Crippen LogP contribution in [0.15, 0.2) is 10.6 Å². The highest BCUT2D eigenvalue weighted by Crippen LogP contribution is 2.22. The molecule has 0 aromatic carbocycles. The number of carbonyl (C=O) groups is 1. The molecule has 1 aliphatic carbocycles. The number of aryl methyl sites for hydroxylation is 1. The Morgan fingerprint density at radius 1 is 1.40 bits per heavy atom. The molecule has 0 radical (unpaired) electrons. The first-order valence-electron chi connectivity index (χ1n) is 7.65. The number of hydrogen-bond donors (Lipinski definition) is 1. The maximum absolute atomic E-state index is 12.1. The van der Waals surface area contributed by atoms with Crippen molar-refractivity contribution in [2.24, 2.45) is 5.92 Å². The maximum Gasteiger partial charge on any atom is 0.223 e. The molecule has 5 nitrogen and oxygen atoms in total. The van der Waals surface area contributed by atoms with E-state index in [0.717, 1.165) is 56.8 Å². The molecule has 1 aromatic rings. The fourth-order valence-corrected chi connectivity index (χ4v) is 2.95. The topological polar surface area (TPSA) is 58.4 Å². The SMILES string of the molecule is Cc1cc(CN2CCC(C(=O)NC3CCC3)CC2)no1. The van der Waals surface area contributed by atoms with Crippen molar-refractivity contribution in [2.45, 2.75) is 51.6 Å². The van der Waals surface area contributed by atoms with Crippen LogP contribution in [0.1, 0.15) is 43.6 Å². The van der Waals surface area contributed by atoms with E-state index in [-0.39, 0.29) is 11.8 Å². The van der Waals surface area contributed by atoms with E-state index in [1.807, 2.05) is 13.0 Å². The van der Waals surface area contributed by atoms with Gasteiger partial charge in [-0.3, -0.25) is 9.69 Å². The quantitative estimate of drug-likeness (QED) is 0.912. The van der Waals surface area contributed by atoms with Crippen LogP contribution in [-0.2, 0) is 11.3 Å². The van der Waals surface area contributed by atoms with Crippen LogP contribution in [-0.4, -0.2) is 35.1 Å². The van der Waals surface area contributed by atoms with Gasteiger partial charge in [-0.1, -0.05) is 5.16 Å². The fraction of sp³-hybridized carbons (Fsp3) is 0.733. The summed E-state index contributed by atoms with van der Waals surface area (Å²) in [4.78, 5) is 14.5. The smallest absolute Gasteiger partial charge is 0.223 e. The second kappa shape index (κ2) is 5.95. The van der Waals surface area contributed by atoms with Crippen molar-refractivity contribution in [2.75, 3.05) is 13.1 Å². The van der Waals surface area contributed by atoms with Crippen molar-refractivity contribution in [3.63, 3.8) is 0 Å². The Labute approximate surface area is 119 Å². The minimum Gasteiger partial charge on any atom is -0.361 e. The molecule has 5 heteroatoms. The summed E-state index contributed by atoms with van der Waals surface area (Å²) in [7, 11) is 0. The van der Waals surface area contributed by atoms with Gasteiger partial charge in [0.2, 0.25) is 5.91 Å². The number of rotatable bonds is 4. The first-order chi connectivity index (χ1) is 9.70. The first kappa shape index (κ1) is 13.6. The number of hydrogen-bond acceptors (Lipinski definition) is 4. The molecule has 0 unspecified atom stereocenters. The van der Waals surface area contributed by atoms with Crippen molar-refractivity contribution in [3.05, 3.63) is 17.5 Å². The van der Waals surface area contributed by atoms with Crippen molar-refractivity contribution in [1.29, 1.82) is 0 Å². The van der Waals surface area contributed by atoms with Crippen LogP contribution in [0.3, 0.4) is 0 Å². The summed E-state index contributed by atoms with van der Waals surface area (Å²) in [5.41, 5.74) is 0.986. The minimum atomic E-state index is 0.200. The van der Waals surface area contributed by atoms with Gasteiger partial charge in [-0.2, -0.15) is 0 Å². The molecular formula is C15H23N3O2. The monoisotopic (exact) mass is 277 g/mol. The normalized spacial score (nSPS) is 21.6. The summed E-state index contributed by atoms with van der Waals surface area (Å²) >= 11 is 0. The van der Waals surface area contributed by atoms with Crippen molar-refractivity contribution >= 4 is 5.91 Å². The van der Waals surface area contributed by atoms with Crippen LogP contribution in [0, 0.1) is 12.8 Å². The average molecular weight is 277 g/mol. The molecule has 110 valence electrons. The van der Waals surface area contributed by atoms with Gasteiger partial charge in [0.1, 0.15) is 5.76 Å². The Bertz CT molecular complexity index is 459. The van der Waals surface area contributed by atoms with Gasteiger partial charge in [0.05, 0.1) is 5.69 Å². The van der Waals surface area contributed by atoms with E-state index < -0.39 is 0 Å². The summed E-state index contributed by atoms with van der Waals surface area (Å²) in [5, 5.41) is 7.20. The number of nitrogens with zero attached hydrogens (tertiary/aromatic N) is 2. The van der Waals surface area contributed by atoms with Crippen molar-refractivity contribution < 1.29 is 9.32 Å². The summed E-state index contributed by atoms with van der Waals surface area (Å²) in [6, 6.07) is 2.44. The lowest BCUT2D eigenvalue weighted by molar-refractivity contribution is -0.127. The molecule has 20 heavy (non-hydrogen) atoms. The lowest BCUT2D eigenvalue weighted by Gasteiger charge is -2.33. The molecule has 1 saturated heterocycles. The number of aromatic nitrogens is 1. The van der Waals surface area contributed by atoms with Gasteiger partial charge in [-0.25, -0.2) is 0 Å². The predicted molar refractivity (Wildman–Crippen MR) is 75.0 cm³/mol. The van der Waals surface area contributed by atoms with Crippen LogP contribution in [0.25, 0.3) is 0 Å². The van der Waals surface area contributed by atoms with Gasteiger partial charge in [0.15, 0.2) is 0 Å². The van der Waals surface area contributed by atoms with Crippen molar-refractivity contribution in [3.8, 4) is 0 Å². The number of likely N-dealkylation sites (tertiary alicyclic amines) is 1. The molecule has 1 N–H and O–H groups in total. The summed E-state index contributed by atoms with van der Waals surface area (Å²) in [5.74, 6) is 1.33. The lowest BCUT2D eigenvalue weighted by Crippen LogP contribution is -2.45. The van der Waals surface area contributed by atoms with E-state index in [1.165, 1.54) is 6.42 Å². The molecular weight excluding hydrogens is 254 g/mol. The Hall–Kier alpha value is -1.36. The van der Waals surface area contributed by atoms with Crippen LogP contribution in [0.2, 0.25) is 0 Å². The van der Waals surface area contributed by atoms with Crippen LogP contribution >= 0.6 is 0 Å². The van der Waals surface area contributed by atoms with E-state index in [4.69, 9.17) is 4.52 Å². The van der Waals surface area contributed by atoms with Gasteiger partial charge in [-0.15, -0.1) is 0 Å². The Balaban J connectivity index is 1.43. The molecule has 2 fully saturated rings. The second-order valence-electron chi connectivity index (χ2n) is 6.12. The lowest BCUT2D eigenvalue weighted by atomic mass is 9.90. The van der Waals surface area contributed by atoms with E-state index in [9.17, 15) is 4.79 Å². The molecule has 2 aliphatic rings. The highest BCUT2D eigenvalue weighted by molar-refractivity contribution is 5.79. The fourth-order valence-electron chi connectivity index (χ4n) is 2.95. The summed E-state index contributed by atoms with van der Waals surface area (Å²) in [6.07, 6.45) is 5.50. The molecule has 0 bridgehead atoms. The van der Waals surface area contributed by atoms with Gasteiger partial charge in [0, 0.05) is 24.6 Å². The third-order valence-corrected chi connectivity index (χ3v) is 4.47. The second-order valence-corrected chi connectivity index (χ2v) is 6.12. The average Bonchev–Trinajstić information content (AvgIpc) is 2.80. The third-order valence-electron chi connectivity index (χ3n) is 4.47. The van der Waals surface area contributed by atoms with Crippen LogP contribution in [0.5, 0.6) is 0 Å². The Kier molecular flexibility index (Phi) is 4.05. The van der Waals surface area contributed by atoms with Crippen LogP contribution < -0.4 is 5.32 Å². The van der Waals surface area contributed by atoms with Crippen molar-refractivity contribution in [1.82, 2.24) is 15.4 Å². The number of carbonyl (C=O) groups excluding carboxylic acids is 1. The number of piperidine rings is 1. The standard InChI is InChI=1S/C15H23N3O2/c1-11-9-14(17-20-11)10-18-7-5-12(6-8-18)15(19)16-13-3-2-4-13/h9,12-13H,2-8,10H2,1H3,(H,16,19). The summed E-state index contributed by atoms with van der Waals surface area (Å²) in [6.45, 7) is 4.67. The first-order valence-corrected chi connectivity index (χ1v) is 7.65. The minimum absolute atomic E-state index is 0.200. The highest BCUT2D eigenvalue weighted by Gasteiger charge is 2.28. The Morgan fingerprint density at radius 2 is 2.15 bits per heavy atom. The third kappa shape index (κ3) is 3.20. The highest BCUT2D eigenvalue weighted by atomic mass is 16.5. The summed E-state index contributed by atoms with van der Waals surface area (Å²) < 4.78 is 5.09. The molecule has 2 heterocycles.